The summed E-state index contributed by atoms with van der Waals surface area (Å²) in [5.74, 6) is 0.748. The Kier molecular flexibility index (Phi) is 3.49. The zero-order chi connectivity index (χ0) is 10.6. The fourth-order valence-electron chi connectivity index (χ4n) is 1.35. The molecule has 0 fully saturated rings. The molecule has 2 N–H and O–H groups in total. The average molecular weight is 190 g/mol. The standard InChI is InChI=1S/C11H14N2O/c1-8-3-4-11(14-2)9(7-8)10(13)5-6-12/h3-4,7,10H,5,13H2,1-2H3/t10-/m0/s1. The van der Waals surface area contributed by atoms with Crippen LogP contribution in [0.1, 0.15) is 23.6 Å². The van der Waals surface area contributed by atoms with Gasteiger partial charge in [-0.3, -0.25) is 0 Å². The van der Waals surface area contributed by atoms with Crippen molar-refractivity contribution in [2.24, 2.45) is 5.73 Å². The molecule has 0 heterocycles. The fourth-order valence-corrected chi connectivity index (χ4v) is 1.35. The van der Waals surface area contributed by atoms with Gasteiger partial charge >= 0.3 is 0 Å². The van der Waals surface area contributed by atoms with E-state index in [-0.39, 0.29) is 6.04 Å². The van der Waals surface area contributed by atoms with Crippen molar-refractivity contribution in [3.63, 3.8) is 0 Å². The van der Waals surface area contributed by atoms with Crippen molar-refractivity contribution in [2.45, 2.75) is 19.4 Å². The number of nitriles is 1. The number of hydrogen-bond donors (Lipinski definition) is 1. The molecule has 0 aliphatic carbocycles. The molecule has 1 aromatic rings. The molecule has 1 aromatic carbocycles. The van der Waals surface area contributed by atoms with Crippen molar-refractivity contribution < 1.29 is 4.74 Å². The summed E-state index contributed by atoms with van der Waals surface area (Å²) < 4.78 is 5.18. The quantitative estimate of drug-likeness (QED) is 0.792. The van der Waals surface area contributed by atoms with Crippen LogP contribution in [0.4, 0.5) is 0 Å². The van der Waals surface area contributed by atoms with Crippen LogP contribution in [-0.4, -0.2) is 7.11 Å². The van der Waals surface area contributed by atoms with Crippen LogP contribution in [0.3, 0.4) is 0 Å². The van der Waals surface area contributed by atoms with Gasteiger partial charge < -0.3 is 10.5 Å². The number of rotatable bonds is 3. The van der Waals surface area contributed by atoms with E-state index in [2.05, 4.69) is 6.07 Å². The van der Waals surface area contributed by atoms with Crippen molar-refractivity contribution in [3.8, 4) is 11.8 Å². The second kappa shape index (κ2) is 4.64. The second-order valence-corrected chi connectivity index (χ2v) is 3.21. The summed E-state index contributed by atoms with van der Waals surface area (Å²) >= 11 is 0. The minimum atomic E-state index is -0.269. The van der Waals surface area contributed by atoms with Crippen LogP contribution in [0.15, 0.2) is 18.2 Å². The molecule has 1 rings (SSSR count). The Labute approximate surface area is 84.1 Å². The predicted molar refractivity (Wildman–Crippen MR) is 54.9 cm³/mol. The van der Waals surface area contributed by atoms with Crippen LogP contribution in [0.25, 0.3) is 0 Å². The van der Waals surface area contributed by atoms with Gasteiger partial charge in [0, 0.05) is 11.6 Å². The van der Waals surface area contributed by atoms with Crippen LogP contribution in [-0.2, 0) is 0 Å². The summed E-state index contributed by atoms with van der Waals surface area (Å²) in [5, 5.41) is 8.56. The normalized spacial score (nSPS) is 11.9. The van der Waals surface area contributed by atoms with Gasteiger partial charge in [0.15, 0.2) is 0 Å². The Morgan fingerprint density at radius 3 is 2.86 bits per heavy atom. The first kappa shape index (κ1) is 10.6. The fraction of sp³-hybridized carbons (Fsp3) is 0.364. The highest BCUT2D eigenvalue weighted by molar-refractivity contribution is 5.39. The van der Waals surface area contributed by atoms with E-state index >= 15 is 0 Å². The number of aryl methyl sites for hydroxylation is 1. The highest BCUT2D eigenvalue weighted by Gasteiger charge is 2.11. The molecular weight excluding hydrogens is 176 g/mol. The van der Waals surface area contributed by atoms with E-state index in [1.54, 1.807) is 7.11 Å². The van der Waals surface area contributed by atoms with Gasteiger partial charge in [-0.1, -0.05) is 17.7 Å². The first-order valence-corrected chi connectivity index (χ1v) is 4.46. The van der Waals surface area contributed by atoms with E-state index < -0.39 is 0 Å². The number of methoxy groups -OCH3 is 1. The topological polar surface area (TPSA) is 59.0 Å². The third kappa shape index (κ3) is 2.24. The molecule has 14 heavy (non-hydrogen) atoms. The molecule has 3 nitrogen and oxygen atoms in total. The van der Waals surface area contributed by atoms with Gasteiger partial charge in [-0.25, -0.2) is 0 Å². The smallest absolute Gasteiger partial charge is 0.123 e. The van der Waals surface area contributed by atoms with Crippen LogP contribution in [0.5, 0.6) is 5.75 Å². The Hall–Kier alpha value is -1.53. The minimum absolute atomic E-state index is 0.269. The molecule has 0 aliphatic rings. The SMILES string of the molecule is COc1ccc(C)cc1[C@@H](N)CC#N. The van der Waals surface area contributed by atoms with Crippen molar-refractivity contribution in [2.75, 3.05) is 7.11 Å². The Bertz CT molecular complexity index is 355. The monoisotopic (exact) mass is 190 g/mol. The van der Waals surface area contributed by atoms with Gasteiger partial charge in [0.25, 0.3) is 0 Å². The molecule has 0 saturated heterocycles. The van der Waals surface area contributed by atoms with Gasteiger partial charge in [0.2, 0.25) is 0 Å². The number of nitrogens with two attached hydrogens (primary N) is 1. The number of nitrogens with zero attached hydrogens (tertiary/aromatic N) is 1. The summed E-state index contributed by atoms with van der Waals surface area (Å²) in [6.07, 6.45) is 0.305. The molecule has 1 atom stereocenters. The van der Waals surface area contributed by atoms with Gasteiger partial charge in [0.1, 0.15) is 5.75 Å². The lowest BCUT2D eigenvalue weighted by molar-refractivity contribution is 0.406. The number of benzene rings is 1. The number of hydrogen-bond acceptors (Lipinski definition) is 3. The van der Waals surface area contributed by atoms with Gasteiger partial charge in [0.05, 0.1) is 19.6 Å². The highest BCUT2D eigenvalue weighted by atomic mass is 16.5. The molecule has 0 bridgehead atoms. The lowest BCUT2D eigenvalue weighted by Crippen LogP contribution is -2.10. The molecule has 0 saturated carbocycles. The minimum Gasteiger partial charge on any atom is -0.496 e. The van der Waals surface area contributed by atoms with E-state index in [4.69, 9.17) is 15.7 Å². The number of ether oxygens (including phenoxy) is 1. The molecule has 0 amide bonds. The van der Waals surface area contributed by atoms with E-state index in [9.17, 15) is 0 Å². The average Bonchev–Trinajstić information content (AvgIpc) is 2.18. The lowest BCUT2D eigenvalue weighted by Gasteiger charge is -2.13. The van der Waals surface area contributed by atoms with Gasteiger partial charge in [-0.05, 0) is 13.0 Å². The summed E-state index contributed by atoms with van der Waals surface area (Å²) in [6.45, 7) is 1.99. The maximum atomic E-state index is 8.56. The molecule has 0 aromatic heterocycles. The highest BCUT2D eigenvalue weighted by Crippen LogP contribution is 2.26. The Balaban J connectivity index is 3.04. The first-order chi connectivity index (χ1) is 6.69. The van der Waals surface area contributed by atoms with Crippen LogP contribution in [0, 0.1) is 18.3 Å². The molecule has 0 radical (unpaired) electrons. The summed E-state index contributed by atoms with van der Waals surface area (Å²) in [7, 11) is 1.60. The zero-order valence-corrected chi connectivity index (χ0v) is 8.45. The second-order valence-electron chi connectivity index (χ2n) is 3.21. The summed E-state index contributed by atoms with van der Waals surface area (Å²) in [5.41, 5.74) is 7.87. The first-order valence-electron chi connectivity index (χ1n) is 4.46. The molecule has 0 spiro atoms. The maximum Gasteiger partial charge on any atom is 0.123 e. The molecule has 3 heteroatoms. The molecule has 0 unspecified atom stereocenters. The van der Waals surface area contributed by atoms with Crippen molar-refractivity contribution in [1.82, 2.24) is 0 Å². The molecular formula is C11H14N2O. The van der Waals surface area contributed by atoms with Crippen LogP contribution in [0.2, 0.25) is 0 Å². The van der Waals surface area contributed by atoms with E-state index in [0.717, 1.165) is 16.9 Å². The van der Waals surface area contributed by atoms with Gasteiger partial charge in [-0.2, -0.15) is 5.26 Å². The molecule has 0 aliphatic heterocycles. The third-order valence-corrected chi connectivity index (χ3v) is 2.10. The van der Waals surface area contributed by atoms with Crippen molar-refractivity contribution in [1.29, 1.82) is 5.26 Å². The van der Waals surface area contributed by atoms with Crippen LogP contribution < -0.4 is 10.5 Å². The van der Waals surface area contributed by atoms with Crippen molar-refractivity contribution in [3.05, 3.63) is 29.3 Å². The maximum absolute atomic E-state index is 8.56. The van der Waals surface area contributed by atoms with Crippen molar-refractivity contribution >= 4 is 0 Å². The Morgan fingerprint density at radius 1 is 1.57 bits per heavy atom. The van der Waals surface area contributed by atoms with E-state index in [0.29, 0.717) is 6.42 Å². The van der Waals surface area contributed by atoms with Gasteiger partial charge in [-0.15, -0.1) is 0 Å². The largest absolute Gasteiger partial charge is 0.496 e. The van der Waals surface area contributed by atoms with E-state index in [1.165, 1.54) is 0 Å². The summed E-state index contributed by atoms with van der Waals surface area (Å²) in [6, 6.07) is 7.58. The third-order valence-electron chi connectivity index (χ3n) is 2.10. The van der Waals surface area contributed by atoms with Crippen LogP contribution >= 0.6 is 0 Å². The Morgan fingerprint density at radius 2 is 2.29 bits per heavy atom. The molecule has 74 valence electrons. The lowest BCUT2D eigenvalue weighted by atomic mass is 10.0. The summed E-state index contributed by atoms with van der Waals surface area (Å²) in [4.78, 5) is 0. The van der Waals surface area contributed by atoms with E-state index in [1.807, 2.05) is 25.1 Å². The predicted octanol–water partition coefficient (Wildman–Crippen LogP) is 1.92. The zero-order valence-electron chi connectivity index (χ0n) is 8.45.